The molecule has 1 saturated heterocycles. The number of anilines is 1. The van der Waals surface area contributed by atoms with Crippen molar-refractivity contribution < 1.29 is 19.1 Å². The number of rotatable bonds is 4. The van der Waals surface area contributed by atoms with Crippen molar-refractivity contribution in [2.75, 3.05) is 25.1 Å². The zero-order valence-corrected chi connectivity index (χ0v) is 18.6. The minimum Gasteiger partial charge on any atom is -0.495 e. The van der Waals surface area contributed by atoms with Crippen LogP contribution in [0.5, 0.6) is 5.75 Å². The summed E-state index contributed by atoms with van der Waals surface area (Å²) in [4.78, 5) is 30.8. The largest absolute Gasteiger partial charge is 0.495 e. The summed E-state index contributed by atoms with van der Waals surface area (Å²) >= 11 is 0. The van der Waals surface area contributed by atoms with Crippen LogP contribution in [0.4, 0.5) is 5.69 Å². The van der Waals surface area contributed by atoms with Gasteiger partial charge in [0.05, 0.1) is 30.6 Å². The van der Waals surface area contributed by atoms with Gasteiger partial charge in [-0.1, -0.05) is 35.9 Å². The zero-order valence-electron chi connectivity index (χ0n) is 18.6. The second-order valence-electron chi connectivity index (χ2n) is 8.32. The number of imide groups is 1. The molecule has 0 spiro atoms. The lowest BCUT2D eigenvalue weighted by atomic mass is 9.97. The van der Waals surface area contributed by atoms with Crippen molar-refractivity contribution >= 4 is 23.1 Å². The molecule has 31 heavy (non-hydrogen) atoms. The molecule has 6 heteroatoms. The Balaban J connectivity index is 1.89. The normalized spacial score (nSPS) is 21.8. The number of carbonyl (C=O) groups is 2. The number of benzene rings is 2. The van der Waals surface area contributed by atoms with Gasteiger partial charge in [-0.3, -0.25) is 9.59 Å². The number of morpholine rings is 1. The van der Waals surface area contributed by atoms with Crippen molar-refractivity contribution in [3.63, 3.8) is 0 Å². The quantitative estimate of drug-likeness (QED) is 0.706. The van der Waals surface area contributed by atoms with E-state index in [-0.39, 0.29) is 24.0 Å². The van der Waals surface area contributed by atoms with Crippen LogP contribution in [-0.4, -0.2) is 49.1 Å². The van der Waals surface area contributed by atoms with Crippen molar-refractivity contribution in [1.82, 2.24) is 4.90 Å². The minimum absolute atomic E-state index is 0.0418. The molecule has 2 aromatic rings. The number of ether oxygens (including phenoxy) is 2. The molecule has 0 N–H and O–H groups in total. The average molecular weight is 421 g/mol. The van der Waals surface area contributed by atoms with Gasteiger partial charge in [-0.2, -0.15) is 0 Å². The summed E-state index contributed by atoms with van der Waals surface area (Å²) in [7, 11) is 1.54. The van der Waals surface area contributed by atoms with Gasteiger partial charge in [-0.05, 0) is 51.0 Å². The van der Waals surface area contributed by atoms with E-state index >= 15 is 0 Å². The summed E-state index contributed by atoms with van der Waals surface area (Å²) in [6, 6.07) is 13.1. The summed E-state index contributed by atoms with van der Waals surface area (Å²) in [5.41, 5.74) is 4.18. The molecule has 1 fully saturated rings. The second-order valence-corrected chi connectivity index (χ2v) is 8.32. The van der Waals surface area contributed by atoms with Crippen LogP contribution in [0.2, 0.25) is 0 Å². The molecule has 2 atom stereocenters. The van der Waals surface area contributed by atoms with E-state index in [0.717, 1.165) is 16.7 Å². The molecule has 0 radical (unpaired) electrons. The lowest BCUT2D eigenvalue weighted by molar-refractivity contribution is -0.121. The Bertz CT molecular complexity index is 1060. The third-order valence-electron chi connectivity index (χ3n) is 5.77. The fraction of sp³-hybridized carbons (Fsp3) is 0.360. The van der Waals surface area contributed by atoms with Crippen molar-refractivity contribution in [2.45, 2.75) is 39.9 Å². The number of para-hydroxylation sites is 2. The Kier molecular flexibility index (Phi) is 5.58. The Labute approximate surface area is 183 Å². The van der Waals surface area contributed by atoms with Crippen LogP contribution in [0.3, 0.4) is 0 Å². The molecule has 6 nitrogen and oxygen atoms in total. The van der Waals surface area contributed by atoms with E-state index in [1.165, 1.54) is 12.0 Å². The Hall–Kier alpha value is -3.12. The van der Waals surface area contributed by atoms with E-state index in [2.05, 4.69) is 0 Å². The van der Waals surface area contributed by atoms with Crippen LogP contribution in [0.25, 0.3) is 5.57 Å². The third kappa shape index (κ3) is 3.72. The Morgan fingerprint density at radius 2 is 1.65 bits per heavy atom. The van der Waals surface area contributed by atoms with Crippen LogP contribution in [0.15, 0.2) is 48.2 Å². The van der Waals surface area contributed by atoms with E-state index in [0.29, 0.717) is 35.8 Å². The van der Waals surface area contributed by atoms with Gasteiger partial charge in [0.25, 0.3) is 11.8 Å². The summed E-state index contributed by atoms with van der Waals surface area (Å²) in [5, 5.41) is 0. The first-order valence-corrected chi connectivity index (χ1v) is 10.6. The molecular formula is C25H28N2O4. The first-order valence-electron chi connectivity index (χ1n) is 10.6. The van der Waals surface area contributed by atoms with Crippen LogP contribution >= 0.6 is 0 Å². The molecule has 2 heterocycles. The summed E-state index contributed by atoms with van der Waals surface area (Å²) in [6.07, 6.45) is -0.0837. The Morgan fingerprint density at radius 1 is 0.968 bits per heavy atom. The molecule has 4 rings (SSSR count). The summed E-state index contributed by atoms with van der Waals surface area (Å²) < 4.78 is 11.3. The molecule has 0 aromatic heterocycles. The van der Waals surface area contributed by atoms with Gasteiger partial charge in [-0.25, -0.2) is 4.90 Å². The van der Waals surface area contributed by atoms with Crippen LogP contribution in [0, 0.1) is 13.8 Å². The lowest BCUT2D eigenvalue weighted by Gasteiger charge is -2.37. The van der Waals surface area contributed by atoms with E-state index < -0.39 is 0 Å². The molecular weight excluding hydrogens is 392 g/mol. The van der Waals surface area contributed by atoms with Crippen LogP contribution in [0.1, 0.15) is 30.5 Å². The summed E-state index contributed by atoms with van der Waals surface area (Å²) in [6.45, 7) is 9.06. The predicted molar refractivity (Wildman–Crippen MR) is 120 cm³/mol. The number of nitrogens with zero attached hydrogens (tertiary/aromatic N) is 2. The molecule has 0 saturated carbocycles. The first-order chi connectivity index (χ1) is 14.8. The average Bonchev–Trinajstić information content (AvgIpc) is 2.97. The lowest BCUT2D eigenvalue weighted by Crippen LogP contribution is -2.47. The maximum atomic E-state index is 13.8. The molecule has 0 aliphatic carbocycles. The number of methoxy groups -OCH3 is 1. The van der Waals surface area contributed by atoms with Gasteiger partial charge in [0.1, 0.15) is 11.4 Å². The van der Waals surface area contributed by atoms with Gasteiger partial charge in [0.15, 0.2) is 0 Å². The van der Waals surface area contributed by atoms with Gasteiger partial charge < -0.3 is 14.4 Å². The Morgan fingerprint density at radius 3 is 2.29 bits per heavy atom. The van der Waals surface area contributed by atoms with Crippen molar-refractivity contribution in [3.05, 3.63) is 64.9 Å². The molecule has 162 valence electrons. The highest BCUT2D eigenvalue weighted by atomic mass is 16.5. The van der Waals surface area contributed by atoms with Crippen LogP contribution < -0.4 is 9.64 Å². The predicted octanol–water partition coefficient (Wildman–Crippen LogP) is 3.71. The monoisotopic (exact) mass is 420 g/mol. The SMILES string of the molecule is COc1ccccc1N1C(=O)C(c2ccc(C)cc2C)=C(N2CC(C)OC(C)C2)C1=O. The minimum atomic E-state index is -0.330. The maximum Gasteiger partial charge on any atom is 0.282 e. The standard InChI is InChI=1S/C25H28N2O4/c1-15-10-11-19(16(2)12-15)22-23(26-13-17(3)31-18(4)14-26)25(29)27(24(22)28)20-8-6-7-9-21(20)30-5/h6-12,17-18H,13-14H2,1-5H3. The number of hydrogen-bond acceptors (Lipinski definition) is 5. The van der Waals surface area contributed by atoms with Crippen LogP contribution in [-0.2, 0) is 14.3 Å². The highest BCUT2D eigenvalue weighted by Crippen LogP contribution is 2.40. The van der Waals surface area contributed by atoms with Gasteiger partial charge in [0, 0.05) is 13.1 Å². The van der Waals surface area contributed by atoms with Crippen molar-refractivity contribution in [2.24, 2.45) is 0 Å². The smallest absolute Gasteiger partial charge is 0.282 e. The van der Waals surface area contributed by atoms with Crippen molar-refractivity contribution in [1.29, 1.82) is 0 Å². The van der Waals surface area contributed by atoms with E-state index in [4.69, 9.17) is 9.47 Å². The zero-order chi connectivity index (χ0) is 22.3. The molecule has 2 amide bonds. The third-order valence-corrected chi connectivity index (χ3v) is 5.77. The maximum absolute atomic E-state index is 13.8. The van der Waals surface area contributed by atoms with E-state index in [1.807, 2.05) is 56.9 Å². The second kappa shape index (κ2) is 8.19. The molecule has 2 unspecified atom stereocenters. The van der Waals surface area contributed by atoms with Gasteiger partial charge in [0.2, 0.25) is 0 Å². The number of carbonyl (C=O) groups excluding carboxylic acids is 2. The van der Waals surface area contributed by atoms with E-state index in [1.54, 1.807) is 18.2 Å². The highest BCUT2D eigenvalue weighted by Gasteiger charge is 2.45. The summed E-state index contributed by atoms with van der Waals surface area (Å²) in [5.74, 6) is -0.178. The molecule has 2 aliphatic heterocycles. The topological polar surface area (TPSA) is 59.1 Å². The number of amides is 2. The fourth-order valence-electron chi connectivity index (χ4n) is 4.54. The highest BCUT2D eigenvalue weighted by molar-refractivity contribution is 6.45. The molecule has 2 aromatic carbocycles. The number of aryl methyl sites for hydroxylation is 2. The van der Waals surface area contributed by atoms with E-state index in [9.17, 15) is 9.59 Å². The van der Waals surface area contributed by atoms with Gasteiger partial charge in [-0.15, -0.1) is 0 Å². The fourth-order valence-corrected chi connectivity index (χ4v) is 4.54. The van der Waals surface area contributed by atoms with Crippen molar-refractivity contribution in [3.8, 4) is 5.75 Å². The van der Waals surface area contributed by atoms with Gasteiger partial charge >= 0.3 is 0 Å². The number of hydrogen-bond donors (Lipinski definition) is 0. The first kappa shape index (κ1) is 21.1. The molecule has 2 aliphatic rings. The molecule has 0 bridgehead atoms.